The molecule has 98 valence electrons. The molecule has 1 aliphatic rings. The molecule has 6 heteroatoms. The highest BCUT2D eigenvalue weighted by Gasteiger charge is 2.19. The molecule has 0 atom stereocenters. The lowest BCUT2D eigenvalue weighted by atomic mass is 10.3. The summed E-state index contributed by atoms with van der Waals surface area (Å²) in [6, 6.07) is 2.66. The van der Waals surface area contributed by atoms with Crippen LogP contribution in [0.25, 0.3) is 0 Å². The highest BCUT2D eigenvalue weighted by Crippen LogP contribution is 2.09. The summed E-state index contributed by atoms with van der Waals surface area (Å²) in [6.07, 6.45) is 1.27. The van der Waals surface area contributed by atoms with Crippen molar-refractivity contribution in [2.24, 2.45) is 0 Å². The van der Waals surface area contributed by atoms with Crippen LogP contribution in [-0.2, 0) is 4.79 Å². The summed E-state index contributed by atoms with van der Waals surface area (Å²) in [5.41, 5.74) is 0. The molecule has 0 unspecified atom stereocenters. The number of carbonyl (C=O) groups is 1. The summed E-state index contributed by atoms with van der Waals surface area (Å²) in [6.45, 7) is 3.17. The lowest BCUT2D eigenvalue weighted by molar-refractivity contribution is -0.134. The Morgan fingerprint density at radius 3 is 2.72 bits per heavy atom. The molecule has 2 heterocycles. The van der Waals surface area contributed by atoms with Crippen LogP contribution in [0.4, 0.5) is 4.39 Å². The van der Waals surface area contributed by atoms with Crippen LogP contribution in [0.5, 0.6) is 5.75 Å². The van der Waals surface area contributed by atoms with E-state index in [1.165, 1.54) is 18.3 Å². The van der Waals surface area contributed by atoms with E-state index in [0.717, 1.165) is 26.2 Å². The van der Waals surface area contributed by atoms with Crippen molar-refractivity contribution in [1.82, 2.24) is 14.8 Å². The summed E-state index contributed by atoms with van der Waals surface area (Å²) < 4.78 is 17.8. The Balaban J connectivity index is 1.79. The van der Waals surface area contributed by atoms with Gasteiger partial charge >= 0.3 is 0 Å². The molecule has 2 rings (SSSR count). The van der Waals surface area contributed by atoms with Gasteiger partial charge in [0.2, 0.25) is 5.95 Å². The average Bonchev–Trinajstić information content (AvgIpc) is 2.38. The Bertz CT molecular complexity index is 402. The van der Waals surface area contributed by atoms with E-state index in [1.54, 1.807) is 4.90 Å². The third-order valence-corrected chi connectivity index (χ3v) is 2.92. The van der Waals surface area contributed by atoms with Crippen molar-refractivity contribution in [2.45, 2.75) is 0 Å². The van der Waals surface area contributed by atoms with Gasteiger partial charge in [0.1, 0.15) is 5.75 Å². The normalized spacial score (nSPS) is 16.7. The Morgan fingerprint density at radius 2 is 2.11 bits per heavy atom. The van der Waals surface area contributed by atoms with Gasteiger partial charge in [-0.25, -0.2) is 4.98 Å². The molecule has 0 radical (unpaired) electrons. The van der Waals surface area contributed by atoms with Crippen LogP contribution in [0, 0.1) is 5.95 Å². The summed E-state index contributed by atoms with van der Waals surface area (Å²) in [5.74, 6) is -0.209. The number of hydrogen-bond donors (Lipinski definition) is 0. The molecule has 1 fully saturated rings. The van der Waals surface area contributed by atoms with Crippen LogP contribution < -0.4 is 4.74 Å². The molecule has 1 amide bonds. The van der Waals surface area contributed by atoms with E-state index in [0.29, 0.717) is 5.75 Å². The predicted molar refractivity (Wildman–Crippen MR) is 63.8 cm³/mol. The molecule has 5 nitrogen and oxygen atoms in total. The van der Waals surface area contributed by atoms with Crippen molar-refractivity contribution in [3.8, 4) is 5.75 Å². The van der Waals surface area contributed by atoms with Gasteiger partial charge in [0.05, 0.1) is 6.20 Å². The molecule has 0 aromatic carbocycles. The first-order valence-electron chi connectivity index (χ1n) is 5.86. The number of aromatic nitrogens is 1. The third-order valence-electron chi connectivity index (χ3n) is 2.92. The lowest BCUT2D eigenvalue weighted by Gasteiger charge is -2.32. The van der Waals surface area contributed by atoms with Crippen LogP contribution >= 0.6 is 0 Å². The van der Waals surface area contributed by atoms with Crippen LogP contribution in [0.1, 0.15) is 0 Å². The number of amides is 1. The number of likely N-dealkylation sites (N-methyl/N-ethyl adjacent to an activating group) is 1. The van der Waals surface area contributed by atoms with Crippen LogP contribution in [0.2, 0.25) is 0 Å². The van der Waals surface area contributed by atoms with Gasteiger partial charge in [0, 0.05) is 26.2 Å². The molecule has 1 aromatic heterocycles. The summed E-state index contributed by atoms with van der Waals surface area (Å²) >= 11 is 0. The molecule has 18 heavy (non-hydrogen) atoms. The van der Waals surface area contributed by atoms with Crippen LogP contribution in [0.15, 0.2) is 18.3 Å². The molecule has 1 saturated heterocycles. The Kier molecular flexibility index (Phi) is 4.09. The van der Waals surface area contributed by atoms with Gasteiger partial charge in [-0.05, 0) is 19.2 Å². The van der Waals surface area contributed by atoms with Crippen molar-refractivity contribution in [1.29, 1.82) is 0 Å². The van der Waals surface area contributed by atoms with Crippen molar-refractivity contribution in [2.75, 3.05) is 39.8 Å². The summed E-state index contributed by atoms with van der Waals surface area (Å²) in [4.78, 5) is 19.2. The lowest BCUT2D eigenvalue weighted by Crippen LogP contribution is -2.48. The zero-order chi connectivity index (χ0) is 13.0. The maximum atomic E-state index is 12.6. The highest BCUT2D eigenvalue weighted by atomic mass is 19.1. The number of pyridine rings is 1. The van der Waals surface area contributed by atoms with Gasteiger partial charge in [-0.2, -0.15) is 4.39 Å². The largest absolute Gasteiger partial charge is 0.482 e. The summed E-state index contributed by atoms with van der Waals surface area (Å²) in [5, 5.41) is 0. The summed E-state index contributed by atoms with van der Waals surface area (Å²) in [7, 11) is 2.03. The fourth-order valence-corrected chi connectivity index (χ4v) is 1.74. The highest BCUT2D eigenvalue weighted by molar-refractivity contribution is 5.77. The molecule has 0 saturated carbocycles. The Hall–Kier alpha value is -1.69. The number of halogens is 1. The molecule has 0 bridgehead atoms. The minimum Gasteiger partial charge on any atom is -0.482 e. The number of ether oxygens (including phenoxy) is 1. The van der Waals surface area contributed by atoms with Gasteiger partial charge in [0.15, 0.2) is 6.61 Å². The second-order valence-corrected chi connectivity index (χ2v) is 4.29. The van der Waals surface area contributed by atoms with E-state index in [-0.39, 0.29) is 12.5 Å². The minimum absolute atomic E-state index is 0.0307. The number of hydrogen-bond acceptors (Lipinski definition) is 4. The maximum absolute atomic E-state index is 12.6. The van der Waals surface area contributed by atoms with Crippen molar-refractivity contribution in [3.05, 3.63) is 24.3 Å². The zero-order valence-electron chi connectivity index (χ0n) is 10.3. The topological polar surface area (TPSA) is 45.7 Å². The number of rotatable bonds is 3. The maximum Gasteiger partial charge on any atom is 0.260 e. The monoisotopic (exact) mass is 253 g/mol. The van der Waals surface area contributed by atoms with Gasteiger partial charge in [-0.3, -0.25) is 4.79 Å². The van der Waals surface area contributed by atoms with Crippen LogP contribution in [-0.4, -0.2) is 60.5 Å². The zero-order valence-corrected chi connectivity index (χ0v) is 10.3. The number of carbonyl (C=O) groups excluding carboxylic acids is 1. The van der Waals surface area contributed by atoms with Crippen LogP contribution in [0.3, 0.4) is 0 Å². The fraction of sp³-hybridized carbons (Fsp3) is 0.500. The second kappa shape index (κ2) is 5.77. The van der Waals surface area contributed by atoms with Gasteiger partial charge < -0.3 is 14.5 Å². The van der Waals surface area contributed by atoms with Gasteiger partial charge in [0.25, 0.3) is 5.91 Å². The smallest absolute Gasteiger partial charge is 0.260 e. The van der Waals surface area contributed by atoms with E-state index >= 15 is 0 Å². The Labute approximate surface area is 105 Å². The minimum atomic E-state index is -0.562. The van der Waals surface area contributed by atoms with Crippen molar-refractivity contribution >= 4 is 5.91 Å². The van der Waals surface area contributed by atoms with E-state index in [1.807, 2.05) is 7.05 Å². The Morgan fingerprint density at radius 1 is 1.39 bits per heavy atom. The first-order valence-corrected chi connectivity index (χ1v) is 5.86. The number of nitrogens with zero attached hydrogens (tertiary/aromatic N) is 3. The molecule has 0 aliphatic carbocycles. The SMILES string of the molecule is CN1CCN(C(=O)COc2ccc(F)nc2)CC1. The van der Waals surface area contributed by atoms with E-state index < -0.39 is 5.95 Å². The molecule has 0 spiro atoms. The standard InChI is InChI=1S/C12H16FN3O2/c1-15-4-6-16(7-5-15)12(17)9-18-10-2-3-11(13)14-8-10/h2-3,8H,4-7,9H2,1H3. The third kappa shape index (κ3) is 3.40. The second-order valence-electron chi connectivity index (χ2n) is 4.29. The first kappa shape index (κ1) is 12.8. The van der Waals surface area contributed by atoms with Gasteiger partial charge in [-0.1, -0.05) is 0 Å². The fourth-order valence-electron chi connectivity index (χ4n) is 1.74. The van der Waals surface area contributed by atoms with E-state index in [9.17, 15) is 9.18 Å². The molecular formula is C12H16FN3O2. The first-order chi connectivity index (χ1) is 8.65. The quantitative estimate of drug-likeness (QED) is 0.730. The number of piperazine rings is 1. The van der Waals surface area contributed by atoms with Gasteiger partial charge in [-0.15, -0.1) is 0 Å². The van der Waals surface area contributed by atoms with Crippen molar-refractivity contribution in [3.63, 3.8) is 0 Å². The molecule has 1 aliphatic heterocycles. The molecule has 0 N–H and O–H groups in total. The molecule has 1 aromatic rings. The predicted octanol–water partition coefficient (Wildman–Crippen LogP) is 0.373. The van der Waals surface area contributed by atoms with Crippen molar-refractivity contribution < 1.29 is 13.9 Å². The van der Waals surface area contributed by atoms with E-state index in [2.05, 4.69) is 9.88 Å². The van der Waals surface area contributed by atoms with E-state index in [4.69, 9.17) is 4.74 Å². The molecular weight excluding hydrogens is 237 g/mol. The average molecular weight is 253 g/mol.